The van der Waals surface area contributed by atoms with Crippen LogP contribution < -0.4 is 15.8 Å². The highest BCUT2D eigenvalue weighted by molar-refractivity contribution is 5.96. The minimum absolute atomic E-state index is 0.0828. The molecule has 0 spiro atoms. The fourth-order valence-electron chi connectivity index (χ4n) is 3.16. The quantitative estimate of drug-likeness (QED) is 0.829. The van der Waals surface area contributed by atoms with Gasteiger partial charge in [0.2, 0.25) is 0 Å². The number of aromatic nitrogens is 2. The van der Waals surface area contributed by atoms with Gasteiger partial charge in [0.05, 0.1) is 13.2 Å². The van der Waals surface area contributed by atoms with Gasteiger partial charge in [-0.3, -0.25) is 9.69 Å². The van der Waals surface area contributed by atoms with Gasteiger partial charge in [0.1, 0.15) is 5.75 Å². The van der Waals surface area contributed by atoms with Crippen LogP contribution in [0.15, 0.2) is 36.7 Å². The highest BCUT2D eigenvalue weighted by Crippen LogP contribution is 2.27. The molecule has 7 nitrogen and oxygen atoms in total. The third-order valence-corrected chi connectivity index (χ3v) is 4.46. The number of nitrogen functional groups attached to an aromatic ring is 1. The smallest absolute Gasteiger partial charge is 0.273 e. The number of benzene rings is 1. The first-order chi connectivity index (χ1) is 12.2. The van der Waals surface area contributed by atoms with E-state index >= 15 is 0 Å². The SMILES string of the molecule is COc1cccc([C@H](CNC(=O)c2nccnc2N)N2CCCC2)c1. The summed E-state index contributed by atoms with van der Waals surface area (Å²) in [5.74, 6) is 0.642. The van der Waals surface area contributed by atoms with E-state index in [-0.39, 0.29) is 23.5 Å². The number of nitrogens with zero attached hydrogens (tertiary/aromatic N) is 3. The van der Waals surface area contributed by atoms with Crippen LogP contribution in [0.5, 0.6) is 5.75 Å². The molecule has 3 N–H and O–H groups in total. The van der Waals surface area contributed by atoms with Crippen LogP contribution in [0.3, 0.4) is 0 Å². The summed E-state index contributed by atoms with van der Waals surface area (Å²) in [4.78, 5) is 22.7. The maximum Gasteiger partial charge on any atom is 0.273 e. The Kier molecular flexibility index (Phi) is 5.45. The average Bonchev–Trinajstić information content (AvgIpc) is 3.16. The van der Waals surface area contributed by atoms with Gasteiger partial charge in [-0.15, -0.1) is 0 Å². The molecule has 0 aliphatic carbocycles. The third-order valence-electron chi connectivity index (χ3n) is 4.46. The van der Waals surface area contributed by atoms with Crippen LogP contribution in [-0.2, 0) is 0 Å². The van der Waals surface area contributed by atoms with Crippen molar-refractivity contribution in [2.75, 3.05) is 32.5 Å². The van der Waals surface area contributed by atoms with Gasteiger partial charge in [0.15, 0.2) is 11.5 Å². The van der Waals surface area contributed by atoms with Crippen LogP contribution >= 0.6 is 0 Å². The van der Waals surface area contributed by atoms with Crippen LogP contribution in [0.2, 0.25) is 0 Å². The molecule has 1 saturated heterocycles. The van der Waals surface area contributed by atoms with E-state index < -0.39 is 0 Å². The highest BCUT2D eigenvalue weighted by atomic mass is 16.5. The fourth-order valence-corrected chi connectivity index (χ4v) is 3.16. The molecule has 2 aromatic rings. The molecule has 1 aromatic heterocycles. The molecule has 2 heterocycles. The molecule has 1 amide bonds. The summed E-state index contributed by atoms with van der Waals surface area (Å²) in [6.45, 7) is 2.51. The number of rotatable bonds is 6. The van der Waals surface area contributed by atoms with Crippen molar-refractivity contribution in [1.82, 2.24) is 20.2 Å². The lowest BCUT2D eigenvalue weighted by atomic mass is 10.0. The van der Waals surface area contributed by atoms with Gasteiger partial charge >= 0.3 is 0 Å². The average molecular weight is 341 g/mol. The number of amides is 1. The van der Waals surface area contributed by atoms with E-state index in [0.717, 1.165) is 24.4 Å². The number of anilines is 1. The van der Waals surface area contributed by atoms with E-state index in [1.54, 1.807) is 7.11 Å². The summed E-state index contributed by atoms with van der Waals surface area (Å²) < 4.78 is 5.34. The first-order valence-corrected chi connectivity index (χ1v) is 8.41. The second kappa shape index (κ2) is 7.94. The summed E-state index contributed by atoms with van der Waals surface area (Å²) in [5.41, 5.74) is 7.02. The zero-order valence-corrected chi connectivity index (χ0v) is 14.3. The summed E-state index contributed by atoms with van der Waals surface area (Å²) in [6.07, 6.45) is 5.28. The topological polar surface area (TPSA) is 93.4 Å². The number of nitrogens with one attached hydrogen (secondary N) is 1. The minimum Gasteiger partial charge on any atom is -0.497 e. The molecule has 3 rings (SSSR count). The van der Waals surface area contributed by atoms with Crippen LogP contribution in [0.4, 0.5) is 5.82 Å². The van der Waals surface area contributed by atoms with E-state index in [0.29, 0.717) is 6.54 Å². The molecule has 1 fully saturated rings. The van der Waals surface area contributed by atoms with Gasteiger partial charge < -0.3 is 15.8 Å². The van der Waals surface area contributed by atoms with E-state index in [1.165, 1.54) is 25.2 Å². The van der Waals surface area contributed by atoms with Crippen molar-refractivity contribution in [2.45, 2.75) is 18.9 Å². The summed E-state index contributed by atoms with van der Waals surface area (Å²) in [6, 6.07) is 8.06. The Hall–Kier alpha value is -2.67. The number of carbonyl (C=O) groups is 1. The van der Waals surface area contributed by atoms with E-state index in [2.05, 4.69) is 26.3 Å². The lowest BCUT2D eigenvalue weighted by Gasteiger charge is -2.28. The fraction of sp³-hybridized carbons (Fsp3) is 0.389. The zero-order valence-electron chi connectivity index (χ0n) is 14.3. The lowest BCUT2D eigenvalue weighted by molar-refractivity contribution is 0.0933. The van der Waals surface area contributed by atoms with Gasteiger partial charge in [0, 0.05) is 18.9 Å². The number of nitrogens with two attached hydrogens (primary N) is 1. The van der Waals surface area contributed by atoms with Crippen LogP contribution in [0, 0.1) is 0 Å². The minimum atomic E-state index is -0.308. The molecule has 7 heteroatoms. The molecule has 0 radical (unpaired) electrons. The maximum absolute atomic E-state index is 12.4. The van der Waals surface area contributed by atoms with E-state index in [1.807, 2.05) is 18.2 Å². The van der Waals surface area contributed by atoms with E-state index in [9.17, 15) is 4.79 Å². The Morgan fingerprint density at radius 1 is 1.32 bits per heavy atom. The van der Waals surface area contributed by atoms with Crippen molar-refractivity contribution < 1.29 is 9.53 Å². The van der Waals surface area contributed by atoms with Crippen molar-refractivity contribution in [3.05, 3.63) is 47.9 Å². The second-order valence-electron chi connectivity index (χ2n) is 6.04. The second-order valence-corrected chi connectivity index (χ2v) is 6.04. The Bertz CT molecular complexity index is 731. The van der Waals surface area contributed by atoms with Crippen molar-refractivity contribution in [3.8, 4) is 5.75 Å². The molecule has 1 atom stereocenters. The van der Waals surface area contributed by atoms with Crippen molar-refractivity contribution in [2.24, 2.45) is 0 Å². The molecule has 0 bridgehead atoms. The van der Waals surface area contributed by atoms with Gasteiger partial charge in [0.25, 0.3) is 5.91 Å². The number of ether oxygens (including phenoxy) is 1. The van der Waals surface area contributed by atoms with Gasteiger partial charge in [-0.2, -0.15) is 0 Å². The van der Waals surface area contributed by atoms with Crippen molar-refractivity contribution in [1.29, 1.82) is 0 Å². The lowest BCUT2D eigenvalue weighted by Crippen LogP contribution is -2.37. The monoisotopic (exact) mass is 341 g/mol. The van der Waals surface area contributed by atoms with Crippen LogP contribution in [0.1, 0.15) is 34.9 Å². The summed E-state index contributed by atoms with van der Waals surface area (Å²) >= 11 is 0. The standard InChI is InChI=1S/C18H23N5O2/c1-25-14-6-4-5-13(11-14)15(23-9-2-3-10-23)12-22-18(24)16-17(19)21-8-7-20-16/h4-8,11,15H,2-3,9-10,12H2,1H3,(H2,19,21)(H,22,24)/t15-/m0/s1. The Morgan fingerprint density at radius 2 is 2.08 bits per heavy atom. The zero-order chi connectivity index (χ0) is 17.6. The third kappa shape index (κ3) is 4.06. The summed E-state index contributed by atoms with van der Waals surface area (Å²) in [7, 11) is 1.66. The van der Waals surface area contributed by atoms with E-state index in [4.69, 9.17) is 10.5 Å². The highest BCUT2D eigenvalue weighted by Gasteiger charge is 2.25. The number of hydrogen-bond acceptors (Lipinski definition) is 6. The molecule has 1 aromatic carbocycles. The van der Waals surface area contributed by atoms with Gasteiger partial charge in [-0.1, -0.05) is 12.1 Å². The van der Waals surface area contributed by atoms with Crippen LogP contribution in [-0.4, -0.2) is 47.5 Å². The predicted molar refractivity (Wildman–Crippen MR) is 95.3 cm³/mol. The van der Waals surface area contributed by atoms with Gasteiger partial charge in [-0.25, -0.2) is 9.97 Å². The van der Waals surface area contributed by atoms with Crippen molar-refractivity contribution >= 4 is 11.7 Å². The number of carbonyl (C=O) groups excluding carboxylic acids is 1. The molecule has 1 aliphatic heterocycles. The molecular weight excluding hydrogens is 318 g/mol. The Morgan fingerprint density at radius 3 is 2.80 bits per heavy atom. The molecule has 0 unspecified atom stereocenters. The number of methoxy groups -OCH3 is 1. The molecule has 1 aliphatic rings. The first kappa shape index (κ1) is 17.2. The summed E-state index contributed by atoms with van der Waals surface area (Å²) in [5, 5.41) is 2.95. The van der Waals surface area contributed by atoms with Gasteiger partial charge in [-0.05, 0) is 43.6 Å². The molecule has 132 valence electrons. The Balaban J connectivity index is 1.76. The number of likely N-dealkylation sites (tertiary alicyclic amines) is 1. The Labute approximate surface area is 147 Å². The largest absolute Gasteiger partial charge is 0.497 e. The molecule has 25 heavy (non-hydrogen) atoms. The number of hydrogen-bond donors (Lipinski definition) is 2. The molecule has 0 saturated carbocycles. The maximum atomic E-state index is 12.4. The first-order valence-electron chi connectivity index (χ1n) is 8.41. The predicted octanol–water partition coefficient (Wildman–Crippen LogP) is 1.63. The molecular formula is C18H23N5O2. The van der Waals surface area contributed by atoms with Crippen molar-refractivity contribution in [3.63, 3.8) is 0 Å². The normalized spacial score (nSPS) is 15.7. The van der Waals surface area contributed by atoms with Crippen LogP contribution in [0.25, 0.3) is 0 Å².